The number of unbranched alkanes of at least 4 members (excludes halogenated alkanes) is 25. The van der Waals surface area contributed by atoms with Crippen molar-refractivity contribution in [2.45, 2.75) is 193 Å². The molecule has 210 valence electrons. The van der Waals surface area contributed by atoms with Gasteiger partial charge in [0.2, 0.25) is 0 Å². The molecule has 1 atom stereocenters. The maximum absolute atomic E-state index is 2.38. The van der Waals surface area contributed by atoms with Crippen molar-refractivity contribution in [2.24, 2.45) is 0 Å². The smallest absolute Gasteiger partial charge is 0.0190 e. The Morgan fingerprint density at radius 3 is 0.972 bits per heavy atom. The van der Waals surface area contributed by atoms with Gasteiger partial charge in [-0.2, -0.15) is 0 Å². The van der Waals surface area contributed by atoms with E-state index in [2.05, 4.69) is 44.2 Å². The Morgan fingerprint density at radius 2 is 0.667 bits per heavy atom. The highest BCUT2D eigenvalue weighted by molar-refractivity contribution is 5.18. The number of benzene rings is 1. The molecule has 1 unspecified atom stereocenters. The molecule has 0 spiro atoms. The lowest BCUT2D eigenvalue weighted by atomic mass is 9.95. The Balaban J connectivity index is 1.67. The molecule has 0 N–H and O–H groups in total. The second kappa shape index (κ2) is 27.3. The standard InChI is InChI=1S/C36H66/c1-3-4-5-6-7-8-9-10-11-12-13-14-15-16-17-18-19-20-21-22-23-24-25-26-27-29-32-35(2)36-33-30-28-31-34-36/h28,30-31,33-35H,3-27,29,32H2,1-2H3. The minimum absolute atomic E-state index is 0.723. The van der Waals surface area contributed by atoms with Crippen LogP contribution in [0.25, 0.3) is 0 Å². The van der Waals surface area contributed by atoms with E-state index in [1.54, 1.807) is 0 Å². The molecule has 1 aromatic carbocycles. The van der Waals surface area contributed by atoms with Crippen molar-refractivity contribution < 1.29 is 0 Å². The van der Waals surface area contributed by atoms with Crippen LogP contribution in [0.4, 0.5) is 0 Å². The molecule has 0 heteroatoms. The molecule has 0 amide bonds. The third kappa shape index (κ3) is 22.4. The summed E-state index contributed by atoms with van der Waals surface area (Å²) in [5, 5.41) is 0. The van der Waals surface area contributed by atoms with Crippen LogP contribution in [0.2, 0.25) is 0 Å². The predicted molar refractivity (Wildman–Crippen MR) is 165 cm³/mol. The number of hydrogen-bond acceptors (Lipinski definition) is 0. The zero-order chi connectivity index (χ0) is 25.8. The highest BCUT2D eigenvalue weighted by Gasteiger charge is 2.04. The van der Waals surface area contributed by atoms with E-state index in [-0.39, 0.29) is 0 Å². The fraction of sp³-hybridized carbons (Fsp3) is 0.833. The van der Waals surface area contributed by atoms with Crippen LogP contribution in [0.15, 0.2) is 30.3 Å². The van der Waals surface area contributed by atoms with E-state index in [1.165, 1.54) is 179 Å². The summed E-state index contributed by atoms with van der Waals surface area (Å²) >= 11 is 0. The van der Waals surface area contributed by atoms with Crippen molar-refractivity contribution in [2.75, 3.05) is 0 Å². The first-order chi connectivity index (χ1) is 17.8. The Kier molecular flexibility index (Phi) is 25.2. The average Bonchev–Trinajstić information content (AvgIpc) is 2.91. The van der Waals surface area contributed by atoms with Gasteiger partial charge in [0.05, 0.1) is 0 Å². The van der Waals surface area contributed by atoms with Crippen LogP contribution in [0.3, 0.4) is 0 Å². The maximum atomic E-state index is 2.38. The molecule has 1 rings (SSSR count). The van der Waals surface area contributed by atoms with E-state index < -0.39 is 0 Å². The first kappa shape index (κ1) is 33.2. The van der Waals surface area contributed by atoms with Gasteiger partial charge >= 0.3 is 0 Å². The Hall–Kier alpha value is -0.780. The molecule has 36 heavy (non-hydrogen) atoms. The highest BCUT2D eigenvalue weighted by atomic mass is 14.1. The van der Waals surface area contributed by atoms with Crippen LogP contribution in [-0.2, 0) is 0 Å². The van der Waals surface area contributed by atoms with Crippen molar-refractivity contribution in [3.8, 4) is 0 Å². The van der Waals surface area contributed by atoms with Crippen molar-refractivity contribution in [1.29, 1.82) is 0 Å². The molecule has 0 aliphatic heterocycles. The molecule has 0 radical (unpaired) electrons. The summed E-state index contributed by atoms with van der Waals surface area (Å²) < 4.78 is 0. The molecular formula is C36H66. The average molecular weight is 499 g/mol. The highest BCUT2D eigenvalue weighted by Crippen LogP contribution is 2.22. The lowest BCUT2D eigenvalue weighted by molar-refractivity contribution is 0.512. The lowest BCUT2D eigenvalue weighted by Crippen LogP contribution is -1.93. The van der Waals surface area contributed by atoms with Gasteiger partial charge in [0.25, 0.3) is 0 Å². The van der Waals surface area contributed by atoms with Gasteiger partial charge in [0.15, 0.2) is 0 Å². The second-order valence-corrected chi connectivity index (χ2v) is 11.9. The summed E-state index contributed by atoms with van der Waals surface area (Å²) in [5.41, 5.74) is 1.51. The topological polar surface area (TPSA) is 0 Å². The largest absolute Gasteiger partial charge is 0.0654 e. The molecular weight excluding hydrogens is 432 g/mol. The quantitative estimate of drug-likeness (QED) is 0.101. The van der Waals surface area contributed by atoms with Gasteiger partial charge in [-0.25, -0.2) is 0 Å². The first-order valence-corrected chi connectivity index (χ1v) is 16.9. The second-order valence-electron chi connectivity index (χ2n) is 11.9. The summed E-state index contributed by atoms with van der Waals surface area (Å²) in [7, 11) is 0. The SMILES string of the molecule is CCCCCCCCCCCCCCCCCCCCCCCCCCCCC(C)c1ccccc1. The molecule has 0 aliphatic rings. The van der Waals surface area contributed by atoms with Gasteiger partial charge in [0.1, 0.15) is 0 Å². The minimum atomic E-state index is 0.723. The molecule has 0 bridgehead atoms. The van der Waals surface area contributed by atoms with Gasteiger partial charge in [-0.05, 0) is 17.9 Å². The van der Waals surface area contributed by atoms with Crippen molar-refractivity contribution >= 4 is 0 Å². The summed E-state index contributed by atoms with van der Waals surface area (Å²) in [4.78, 5) is 0. The molecule has 0 fully saturated rings. The summed E-state index contributed by atoms with van der Waals surface area (Å²) in [6, 6.07) is 11.0. The molecule has 0 aliphatic carbocycles. The van der Waals surface area contributed by atoms with E-state index in [9.17, 15) is 0 Å². The van der Waals surface area contributed by atoms with Crippen molar-refractivity contribution in [3.63, 3.8) is 0 Å². The molecule has 0 aromatic heterocycles. The van der Waals surface area contributed by atoms with Crippen LogP contribution in [-0.4, -0.2) is 0 Å². The molecule has 0 nitrogen and oxygen atoms in total. The molecule has 1 aromatic rings. The first-order valence-electron chi connectivity index (χ1n) is 16.9. The zero-order valence-corrected chi connectivity index (χ0v) is 25.1. The van der Waals surface area contributed by atoms with Crippen molar-refractivity contribution in [1.82, 2.24) is 0 Å². The molecule has 0 saturated carbocycles. The van der Waals surface area contributed by atoms with Crippen LogP contribution >= 0.6 is 0 Å². The molecule has 0 heterocycles. The van der Waals surface area contributed by atoms with E-state index in [4.69, 9.17) is 0 Å². The number of rotatable bonds is 28. The zero-order valence-electron chi connectivity index (χ0n) is 25.1. The normalized spacial score (nSPS) is 12.3. The summed E-state index contributed by atoms with van der Waals surface area (Å²) in [5.74, 6) is 0.723. The van der Waals surface area contributed by atoms with E-state index in [1.807, 2.05) is 0 Å². The van der Waals surface area contributed by atoms with Gasteiger partial charge in [0, 0.05) is 0 Å². The van der Waals surface area contributed by atoms with E-state index in [0.29, 0.717) is 0 Å². The van der Waals surface area contributed by atoms with Crippen LogP contribution < -0.4 is 0 Å². The fourth-order valence-electron chi connectivity index (χ4n) is 5.71. The van der Waals surface area contributed by atoms with E-state index in [0.717, 1.165) is 5.92 Å². The third-order valence-corrected chi connectivity index (χ3v) is 8.36. The Morgan fingerprint density at radius 1 is 0.389 bits per heavy atom. The Bertz CT molecular complexity index is 518. The van der Waals surface area contributed by atoms with E-state index >= 15 is 0 Å². The maximum Gasteiger partial charge on any atom is -0.0190 e. The monoisotopic (exact) mass is 499 g/mol. The van der Waals surface area contributed by atoms with Crippen molar-refractivity contribution in [3.05, 3.63) is 35.9 Å². The summed E-state index contributed by atoms with van der Waals surface area (Å²) in [6.07, 6.45) is 39.5. The summed E-state index contributed by atoms with van der Waals surface area (Å²) in [6.45, 7) is 4.69. The lowest BCUT2D eigenvalue weighted by Gasteiger charge is -2.11. The minimum Gasteiger partial charge on any atom is -0.0654 e. The third-order valence-electron chi connectivity index (χ3n) is 8.36. The van der Waals surface area contributed by atoms with Gasteiger partial charge in [-0.3, -0.25) is 0 Å². The number of hydrogen-bond donors (Lipinski definition) is 0. The van der Waals surface area contributed by atoms with Gasteiger partial charge < -0.3 is 0 Å². The van der Waals surface area contributed by atoms with Crippen LogP contribution in [0.5, 0.6) is 0 Å². The van der Waals surface area contributed by atoms with Crippen LogP contribution in [0.1, 0.15) is 199 Å². The molecule has 0 saturated heterocycles. The fourth-order valence-corrected chi connectivity index (χ4v) is 5.71. The van der Waals surface area contributed by atoms with Gasteiger partial charge in [-0.15, -0.1) is 0 Å². The predicted octanol–water partition coefficient (Wildman–Crippen LogP) is 13.3. The Labute approximate surface area is 228 Å². The van der Waals surface area contributed by atoms with Crippen LogP contribution in [0, 0.1) is 0 Å². The van der Waals surface area contributed by atoms with Gasteiger partial charge in [-0.1, -0.05) is 211 Å².